The first-order valence-electron chi connectivity index (χ1n) is 18.2. The van der Waals surface area contributed by atoms with E-state index < -0.39 is 92.2 Å². The minimum atomic E-state index is -4.56. The summed E-state index contributed by atoms with van der Waals surface area (Å²) in [5.74, 6) is -2.83. The topological polar surface area (TPSA) is 181 Å². The maximum atomic E-state index is 14.3. The molecule has 6 rings (SSSR count). The van der Waals surface area contributed by atoms with Crippen LogP contribution in [0.25, 0.3) is 0 Å². The first-order valence-corrected chi connectivity index (χ1v) is 19.8. The van der Waals surface area contributed by atoms with Gasteiger partial charge in [0.05, 0.1) is 17.4 Å². The van der Waals surface area contributed by atoms with Gasteiger partial charge in [0.1, 0.15) is 29.3 Å². The van der Waals surface area contributed by atoms with E-state index in [9.17, 15) is 45.6 Å². The van der Waals surface area contributed by atoms with Crippen LogP contribution in [-0.4, -0.2) is 89.2 Å². The van der Waals surface area contributed by atoms with E-state index in [1.165, 1.54) is 15.9 Å². The molecule has 3 heterocycles. The summed E-state index contributed by atoms with van der Waals surface area (Å²) in [4.78, 5) is 70.8. The summed E-state index contributed by atoms with van der Waals surface area (Å²) < 4.78 is 78.8. The van der Waals surface area contributed by atoms with E-state index in [-0.39, 0.29) is 38.9 Å². The van der Waals surface area contributed by atoms with Crippen molar-refractivity contribution in [3.63, 3.8) is 0 Å². The number of ether oxygens (including phenoxy) is 2. The van der Waals surface area contributed by atoms with E-state index in [1.807, 2.05) is 6.08 Å². The summed E-state index contributed by atoms with van der Waals surface area (Å²) >= 11 is 0. The predicted molar refractivity (Wildman–Crippen MR) is 186 cm³/mol. The van der Waals surface area contributed by atoms with Crippen LogP contribution in [0.1, 0.15) is 95.2 Å². The second-order valence-electron chi connectivity index (χ2n) is 15.8. The molecule has 1 aromatic carbocycles. The number of carbonyl (C=O) groups excluding carboxylic acids is 5. The molecule has 54 heavy (non-hydrogen) atoms. The van der Waals surface area contributed by atoms with E-state index in [0.717, 1.165) is 18.6 Å². The van der Waals surface area contributed by atoms with Gasteiger partial charge in [-0.05, 0) is 82.6 Å². The van der Waals surface area contributed by atoms with Crippen molar-refractivity contribution in [1.29, 1.82) is 0 Å². The molecule has 3 fully saturated rings. The van der Waals surface area contributed by atoms with Crippen LogP contribution in [0, 0.1) is 5.92 Å². The molecule has 296 valence electrons. The van der Waals surface area contributed by atoms with Crippen molar-refractivity contribution in [2.45, 2.75) is 132 Å². The Morgan fingerprint density at radius 2 is 1.72 bits per heavy atom. The second kappa shape index (κ2) is 14.7. The Hall–Kier alpha value is -4.35. The third-order valence-corrected chi connectivity index (χ3v) is 12.1. The first kappa shape index (κ1) is 39.3. The van der Waals surface area contributed by atoms with Gasteiger partial charge in [-0.2, -0.15) is 13.2 Å². The molecular weight excluding hydrogens is 735 g/mol. The molecule has 3 aliphatic heterocycles. The van der Waals surface area contributed by atoms with Crippen LogP contribution in [0.2, 0.25) is 0 Å². The highest BCUT2D eigenvalue weighted by atomic mass is 32.2. The van der Waals surface area contributed by atoms with Gasteiger partial charge in [-0.1, -0.05) is 31.1 Å². The molecule has 5 amide bonds. The van der Waals surface area contributed by atoms with Gasteiger partial charge in [0, 0.05) is 25.4 Å². The molecule has 18 heteroatoms. The van der Waals surface area contributed by atoms with Gasteiger partial charge in [0.15, 0.2) is 0 Å². The molecule has 1 aromatic rings. The van der Waals surface area contributed by atoms with Crippen molar-refractivity contribution in [2.24, 2.45) is 5.92 Å². The fourth-order valence-electron chi connectivity index (χ4n) is 7.21. The molecule has 3 N–H and O–H groups in total. The fourth-order valence-corrected chi connectivity index (χ4v) is 8.58. The number of rotatable bonds is 5. The largest absolute Gasteiger partial charge is 0.444 e. The van der Waals surface area contributed by atoms with Crippen LogP contribution in [-0.2, 0) is 53.1 Å². The third kappa shape index (κ3) is 8.95. The normalized spacial score (nSPS) is 28.3. The summed E-state index contributed by atoms with van der Waals surface area (Å²) in [5, 5.41) is 4.68. The van der Waals surface area contributed by atoms with Crippen molar-refractivity contribution >= 4 is 39.9 Å². The average molecular weight is 782 g/mol. The molecule has 0 bridgehead atoms. The van der Waals surface area contributed by atoms with Crippen molar-refractivity contribution in [3.05, 3.63) is 47.0 Å². The zero-order valence-electron chi connectivity index (χ0n) is 30.4. The Morgan fingerprint density at radius 1 is 1.00 bits per heavy atom. The molecule has 5 aliphatic rings. The second-order valence-corrected chi connectivity index (χ2v) is 17.8. The number of hydrogen-bond donors (Lipinski definition) is 3. The summed E-state index contributed by atoms with van der Waals surface area (Å²) in [6.45, 7) is 4.57. The van der Waals surface area contributed by atoms with Crippen LogP contribution in [0.3, 0.4) is 0 Å². The summed E-state index contributed by atoms with van der Waals surface area (Å²) in [6.07, 6.45) is -0.145. The molecule has 14 nitrogen and oxygen atoms in total. The van der Waals surface area contributed by atoms with E-state index in [4.69, 9.17) is 9.47 Å². The highest BCUT2D eigenvalue weighted by Crippen LogP contribution is 2.46. The Kier molecular flexibility index (Phi) is 10.7. The minimum Gasteiger partial charge on any atom is -0.444 e. The maximum absolute atomic E-state index is 14.3. The van der Waals surface area contributed by atoms with Crippen LogP contribution >= 0.6 is 0 Å². The Bertz CT molecular complexity index is 1830. The van der Waals surface area contributed by atoms with Gasteiger partial charge in [0.2, 0.25) is 21.8 Å². The van der Waals surface area contributed by atoms with Gasteiger partial charge in [-0.15, -0.1) is 0 Å². The summed E-state index contributed by atoms with van der Waals surface area (Å²) in [5.41, 5.74) is -2.50. The van der Waals surface area contributed by atoms with Crippen LogP contribution < -0.4 is 15.4 Å². The average Bonchev–Trinajstić information content (AvgIpc) is 3.95. The van der Waals surface area contributed by atoms with Crippen molar-refractivity contribution in [2.75, 3.05) is 6.54 Å². The minimum absolute atomic E-state index is 0.0102. The van der Waals surface area contributed by atoms with E-state index in [1.54, 1.807) is 26.8 Å². The summed E-state index contributed by atoms with van der Waals surface area (Å²) in [7, 11) is -3.96. The van der Waals surface area contributed by atoms with Gasteiger partial charge < -0.3 is 25.0 Å². The zero-order valence-corrected chi connectivity index (χ0v) is 31.2. The Morgan fingerprint density at radius 3 is 2.41 bits per heavy atom. The number of fused-ring (bicyclic) bond motifs is 3. The lowest BCUT2D eigenvalue weighted by Gasteiger charge is -2.30. The summed E-state index contributed by atoms with van der Waals surface area (Å²) in [6, 6.07) is 0.800. The number of amides is 5. The number of sulfonamides is 1. The molecule has 0 unspecified atom stereocenters. The number of nitrogens with one attached hydrogen (secondary N) is 3. The van der Waals surface area contributed by atoms with Crippen molar-refractivity contribution in [3.8, 4) is 0 Å². The first-order chi connectivity index (χ1) is 25.3. The molecule has 1 saturated heterocycles. The number of halogens is 3. The van der Waals surface area contributed by atoms with Crippen LogP contribution in [0.5, 0.6) is 0 Å². The number of allylic oxidation sites excluding steroid dienone is 1. The predicted octanol–water partition coefficient (Wildman–Crippen LogP) is 4.02. The van der Waals surface area contributed by atoms with Crippen molar-refractivity contribution in [1.82, 2.24) is 25.2 Å². The highest BCUT2D eigenvalue weighted by Gasteiger charge is 2.62. The van der Waals surface area contributed by atoms with Gasteiger partial charge in [-0.25, -0.2) is 18.0 Å². The molecule has 0 radical (unpaired) electrons. The highest BCUT2D eigenvalue weighted by molar-refractivity contribution is 7.91. The Balaban J connectivity index is 1.24. The lowest BCUT2D eigenvalue weighted by molar-refractivity contribution is -0.141. The number of hydrogen-bond acceptors (Lipinski definition) is 9. The zero-order chi connectivity index (χ0) is 39.2. The molecule has 2 aliphatic carbocycles. The van der Waals surface area contributed by atoms with Gasteiger partial charge in [0.25, 0.3) is 5.91 Å². The smallest absolute Gasteiger partial charge is 0.416 e. The van der Waals surface area contributed by atoms with Gasteiger partial charge in [-0.3, -0.25) is 24.0 Å². The number of benzene rings is 1. The van der Waals surface area contributed by atoms with Crippen molar-refractivity contribution < 1.29 is 55.0 Å². The van der Waals surface area contributed by atoms with Gasteiger partial charge >= 0.3 is 18.4 Å². The molecule has 5 atom stereocenters. The maximum Gasteiger partial charge on any atom is 0.416 e. The van der Waals surface area contributed by atoms with E-state index in [2.05, 4.69) is 15.4 Å². The number of carbonyl (C=O) groups is 5. The number of alkyl halides is 3. The third-order valence-electron chi connectivity index (χ3n) is 10.3. The molecule has 0 aromatic heterocycles. The number of alkyl carbamates (subject to hydrolysis) is 1. The van der Waals surface area contributed by atoms with Crippen LogP contribution in [0.15, 0.2) is 30.4 Å². The quantitative estimate of drug-likeness (QED) is 0.372. The lowest BCUT2D eigenvalue weighted by atomic mass is 10.0. The fraction of sp³-hybridized carbons (Fsp3) is 0.639. The lowest BCUT2D eigenvalue weighted by Crippen LogP contribution is -2.58. The Labute approximate surface area is 311 Å². The standard InChI is InChI=1S/C36H46F3N5O9S/c1-34(2,3)53-32(48)40-27-10-8-6-4-5-7-9-24-17-35(24,31(47)42-54(50,51)26-13-14-26)41-29(45)28-16-25(20-44(28)30(27)46)52-33(49)43-18-21-11-12-23(36(37,38)39)15-22(21)19-43/h7,9,11-12,15,24-28H,4-6,8,10,13-14,16-20H2,1-3H3,(H,40,48)(H,41,45)(H,42,47)/b9-7-/t24-,25+,27-,28-,35+/m0/s1. The molecular formula is C36H46F3N5O9S. The molecule has 0 spiro atoms. The number of nitrogens with zero attached hydrogens (tertiary/aromatic N) is 2. The monoisotopic (exact) mass is 781 g/mol. The van der Waals surface area contributed by atoms with E-state index in [0.29, 0.717) is 43.2 Å². The SMILES string of the molecule is CC(C)(C)OC(=O)N[C@H]1CCCCC/C=C\[C@H]2C[C@@]2(C(=O)NS(=O)(=O)C2CC2)NC(=O)[C@@H]2C[C@@H](OC(=O)N3Cc4ccc(C(F)(F)F)cc4C3)CN2C1=O. The molecule has 2 saturated carbocycles. The van der Waals surface area contributed by atoms with Crippen LogP contribution in [0.4, 0.5) is 22.8 Å². The van der Waals surface area contributed by atoms with E-state index >= 15 is 0 Å².